The van der Waals surface area contributed by atoms with E-state index in [1.807, 2.05) is 6.08 Å². The fraction of sp³-hybridized carbons (Fsp3) is 0.727. The first-order valence-corrected chi connectivity index (χ1v) is 5.20. The Hall–Kier alpha value is -0.790. The Morgan fingerprint density at radius 3 is 3.00 bits per heavy atom. The summed E-state index contributed by atoms with van der Waals surface area (Å²) < 4.78 is 5.11. The summed E-state index contributed by atoms with van der Waals surface area (Å²) in [5.74, 6) is -0.0897. The van der Waals surface area contributed by atoms with Crippen molar-refractivity contribution in [3.05, 3.63) is 11.6 Å². The predicted molar refractivity (Wildman–Crippen MR) is 52.4 cm³/mol. The van der Waals surface area contributed by atoms with E-state index in [-0.39, 0.29) is 5.97 Å². The highest BCUT2D eigenvalue weighted by atomic mass is 16.5. The molecular weight excluding hydrogens is 164 g/mol. The second-order valence-corrected chi connectivity index (χ2v) is 3.46. The van der Waals surface area contributed by atoms with Crippen LogP contribution < -0.4 is 0 Å². The highest BCUT2D eigenvalue weighted by molar-refractivity contribution is 5.88. The summed E-state index contributed by atoms with van der Waals surface area (Å²) in [6.07, 6.45) is 8.37. The second kappa shape index (κ2) is 5.79. The van der Waals surface area contributed by atoms with Gasteiger partial charge in [-0.15, -0.1) is 0 Å². The van der Waals surface area contributed by atoms with E-state index in [2.05, 4.69) is 6.92 Å². The molecule has 0 unspecified atom stereocenters. The average Bonchev–Trinajstić information content (AvgIpc) is 2.19. The average molecular weight is 182 g/mol. The molecule has 2 nitrogen and oxygen atoms in total. The number of esters is 1. The van der Waals surface area contributed by atoms with Crippen molar-refractivity contribution >= 4 is 5.97 Å². The zero-order valence-electron chi connectivity index (χ0n) is 8.34. The zero-order valence-corrected chi connectivity index (χ0v) is 8.34. The molecule has 0 atom stereocenters. The van der Waals surface area contributed by atoms with Gasteiger partial charge in [-0.25, -0.2) is 4.79 Å². The van der Waals surface area contributed by atoms with Crippen molar-refractivity contribution < 1.29 is 9.53 Å². The topological polar surface area (TPSA) is 26.3 Å². The normalized spacial score (nSPS) is 16.5. The lowest BCUT2D eigenvalue weighted by atomic mass is 10.00. The molecule has 0 heterocycles. The van der Waals surface area contributed by atoms with Gasteiger partial charge < -0.3 is 4.74 Å². The van der Waals surface area contributed by atoms with Gasteiger partial charge in [-0.3, -0.25) is 0 Å². The van der Waals surface area contributed by atoms with Crippen LogP contribution in [0, 0.1) is 0 Å². The predicted octanol–water partition coefficient (Wildman–Crippen LogP) is 2.83. The molecule has 13 heavy (non-hydrogen) atoms. The maximum Gasteiger partial charge on any atom is 0.333 e. The molecule has 0 saturated carbocycles. The molecule has 74 valence electrons. The van der Waals surface area contributed by atoms with E-state index >= 15 is 0 Å². The number of hydrogen-bond acceptors (Lipinski definition) is 2. The Labute approximate surface area is 80.0 Å². The molecule has 0 N–H and O–H groups in total. The van der Waals surface area contributed by atoms with Gasteiger partial charge in [-0.1, -0.05) is 19.4 Å². The molecule has 2 heteroatoms. The molecule has 0 aromatic carbocycles. The minimum Gasteiger partial charge on any atom is -0.462 e. The second-order valence-electron chi connectivity index (χ2n) is 3.46. The Balaban J connectivity index is 2.25. The van der Waals surface area contributed by atoms with Crippen LogP contribution in [-0.4, -0.2) is 12.6 Å². The molecule has 1 rings (SSSR count). The van der Waals surface area contributed by atoms with Crippen molar-refractivity contribution in [3.63, 3.8) is 0 Å². The standard InChI is InChI=1S/C11H18O2/c1-2-3-9-13-11(12)10-7-5-4-6-8-10/h7H,2-6,8-9H2,1H3. The monoisotopic (exact) mass is 182 g/mol. The van der Waals surface area contributed by atoms with Gasteiger partial charge in [0, 0.05) is 5.57 Å². The first-order chi connectivity index (χ1) is 6.34. The van der Waals surface area contributed by atoms with Crippen molar-refractivity contribution in [3.8, 4) is 0 Å². The summed E-state index contributed by atoms with van der Waals surface area (Å²) in [6, 6.07) is 0. The van der Waals surface area contributed by atoms with Crippen LogP contribution in [0.15, 0.2) is 11.6 Å². The number of carbonyl (C=O) groups excluding carboxylic acids is 1. The van der Waals surface area contributed by atoms with Gasteiger partial charge in [0.15, 0.2) is 0 Å². The smallest absolute Gasteiger partial charge is 0.333 e. The lowest BCUT2D eigenvalue weighted by Gasteiger charge is -2.11. The number of carbonyl (C=O) groups is 1. The van der Waals surface area contributed by atoms with Crippen LogP contribution in [-0.2, 0) is 9.53 Å². The SMILES string of the molecule is CCCCOC(=O)C1=CCCCC1. The van der Waals surface area contributed by atoms with Crippen molar-refractivity contribution in [1.29, 1.82) is 0 Å². The Morgan fingerprint density at radius 1 is 1.54 bits per heavy atom. The Kier molecular flexibility index (Phi) is 4.58. The fourth-order valence-corrected chi connectivity index (χ4v) is 1.43. The van der Waals surface area contributed by atoms with Gasteiger partial charge in [0.25, 0.3) is 0 Å². The van der Waals surface area contributed by atoms with Gasteiger partial charge in [0.1, 0.15) is 0 Å². The van der Waals surface area contributed by atoms with Crippen LogP contribution in [0.2, 0.25) is 0 Å². The summed E-state index contributed by atoms with van der Waals surface area (Å²) in [6.45, 7) is 2.67. The highest BCUT2D eigenvalue weighted by Gasteiger charge is 2.12. The highest BCUT2D eigenvalue weighted by Crippen LogP contribution is 2.18. The van der Waals surface area contributed by atoms with Gasteiger partial charge in [0.05, 0.1) is 6.61 Å². The number of hydrogen-bond donors (Lipinski definition) is 0. The van der Waals surface area contributed by atoms with Crippen molar-refractivity contribution in [2.24, 2.45) is 0 Å². The number of rotatable bonds is 4. The van der Waals surface area contributed by atoms with Crippen molar-refractivity contribution in [2.45, 2.75) is 45.4 Å². The quantitative estimate of drug-likeness (QED) is 0.493. The van der Waals surface area contributed by atoms with Crippen molar-refractivity contribution in [1.82, 2.24) is 0 Å². The van der Waals surface area contributed by atoms with Crippen molar-refractivity contribution in [2.75, 3.05) is 6.61 Å². The van der Waals surface area contributed by atoms with Crippen LogP contribution in [0.1, 0.15) is 45.4 Å². The van der Waals surface area contributed by atoms with E-state index in [9.17, 15) is 4.79 Å². The Bertz CT molecular complexity index is 194. The van der Waals surface area contributed by atoms with Gasteiger partial charge in [0.2, 0.25) is 0 Å². The van der Waals surface area contributed by atoms with E-state index in [1.54, 1.807) is 0 Å². The minimum absolute atomic E-state index is 0.0897. The zero-order chi connectivity index (χ0) is 9.52. The largest absolute Gasteiger partial charge is 0.462 e. The molecule has 0 aromatic rings. The summed E-state index contributed by atoms with van der Waals surface area (Å²) >= 11 is 0. The molecular formula is C11H18O2. The summed E-state index contributed by atoms with van der Waals surface area (Å²) in [5.41, 5.74) is 0.891. The first kappa shape index (κ1) is 10.3. The number of allylic oxidation sites excluding steroid dienone is 1. The summed E-state index contributed by atoms with van der Waals surface area (Å²) in [5, 5.41) is 0. The first-order valence-electron chi connectivity index (χ1n) is 5.20. The molecule has 1 aliphatic rings. The lowest BCUT2D eigenvalue weighted by molar-refractivity contribution is -0.139. The Morgan fingerprint density at radius 2 is 2.38 bits per heavy atom. The molecule has 0 aromatic heterocycles. The van der Waals surface area contributed by atoms with Gasteiger partial charge in [-0.05, 0) is 32.1 Å². The fourth-order valence-electron chi connectivity index (χ4n) is 1.43. The van der Waals surface area contributed by atoms with Crippen LogP contribution in [0.3, 0.4) is 0 Å². The van der Waals surface area contributed by atoms with Crippen LogP contribution in [0.25, 0.3) is 0 Å². The maximum absolute atomic E-state index is 11.4. The van der Waals surface area contributed by atoms with Gasteiger partial charge >= 0.3 is 5.97 Å². The minimum atomic E-state index is -0.0897. The molecule has 0 aliphatic heterocycles. The number of unbranched alkanes of at least 4 members (excludes halogenated alkanes) is 1. The molecule has 1 aliphatic carbocycles. The van der Waals surface area contributed by atoms with E-state index < -0.39 is 0 Å². The third-order valence-corrected chi connectivity index (χ3v) is 2.28. The lowest BCUT2D eigenvalue weighted by Crippen LogP contribution is -2.10. The summed E-state index contributed by atoms with van der Waals surface area (Å²) in [4.78, 5) is 11.4. The summed E-state index contributed by atoms with van der Waals surface area (Å²) in [7, 11) is 0. The molecule has 0 saturated heterocycles. The van der Waals surface area contributed by atoms with Crippen LogP contribution in [0.5, 0.6) is 0 Å². The van der Waals surface area contributed by atoms with E-state index in [4.69, 9.17) is 4.74 Å². The van der Waals surface area contributed by atoms with E-state index in [1.165, 1.54) is 6.42 Å². The molecule has 0 radical (unpaired) electrons. The molecule has 0 amide bonds. The van der Waals surface area contributed by atoms with Crippen LogP contribution in [0.4, 0.5) is 0 Å². The van der Waals surface area contributed by atoms with Gasteiger partial charge in [-0.2, -0.15) is 0 Å². The van der Waals surface area contributed by atoms with E-state index in [0.29, 0.717) is 6.61 Å². The number of ether oxygens (including phenoxy) is 1. The molecule has 0 fully saturated rings. The van der Waals surface area contributed by atoms with E-state index in [0.717, 1.165) is 37.7 Å². The molecule has 0 bridgehead atoms. The third kappa shape index (κ3) is 3.62. The van der Waals surface area contributed by atoms with Crippen LogP contribution >= 0.6 is 0 Å². The molecule has 0 spiro atoms. The maximum atomic E-state index is 11.4. The third-order valence-electron chi connectivity index (χ3n) is 2.28.